The van der Waals surface area contributed by atoms with Crippen LogP contribution >= 0.6 is 0 Å². The van der Waals surface area contributed by atoms with Crippen molar-refractivity contribution in [1.82, 2.24) is 0 Å². The number of hydrogen-bond acceptors (Lipinski definition) is 0. The highest BCUT2D eigenvalue weighted by Crippen LogP contribution is 2.37. The zero-order valence-corrected chi connectivity index (χ0v) is 22.7. The lowest BCUT2D eigenvalue weighted by Gasteiger charge is -2.30. The van der Waals surface area contributed by atoms with Gasteiger partial charge in [0.05, 0.1) is 0 Å². The van der Waals surface area contributed by atoms with Gasteiger partial charge >= 0.3 is 0 Å². The third-order valence-electron chi connectivity index (χ3n) is 8.20. The summed E-state index contributed by atoms with van der Waals surface area (Å²) in [5.74, 6) is 2.16. The van der Waals surface area contributed by atoms with Gasteiger partial charge in [-0.3, -0.25) is 0 Å². The first-order valence-corrected chi connectivity index (χ1v) is 14.3. The van der Waals surface area contributed by atoms with Gasteiger partial charge in [0, 0.05) is 5.56 Å². The smallest absolute Gasteiger partial charge is 0.130 e. The molecular weight excluding hydrogens is 451 g/mol. The molecular formula is C36H43F. The highest BCUT2D eigenvalue weighted by molar-refractivity contribution is 5.70. The Bertz CT molecular complexity index is 1130. The van der Waals surface area contributed by atoms with E-state index in [0.717, 1.165) is 42.2 Å². The second kappa shape index (κ2) is 14.1. The van der Waals surface area contributed by atoms with E-state index < -0.39 is 0 Å². The number of halogens is 1. The van der Waals surface area contributed by atoms with E-state index in [0.29, 0.717) is 11.5 Å². The molecule has 1 saturated carbocycles. The minimum absolute atomic E-state index is 0.115. The number of hydrogen-bond donors (Lipinski definition) is 0. The highest BCUT2D eigenvalue weighted by Gasteiger charge is 2.23. The summed E-state index contributed by atoms with van der Waals surface area (Å²) < 4.78 is 14.8. The van der Waals surface area contributed by atoms with Crippen molar-refractivity contribution in [3.05, 3.63) is 119 Å². The first-order valence-electron chi connectivity index (χ1n) is 14.3. The molecule has 1 aliphatic carbocycles. The van der Waals surface area contributed by atoms with Crippen molar-refractivity contribution >= 4 is 12.2 Å². The molecule has 37 heavy (non-hydrogen) atoms. The molecule has 0 saturated heterocycles. The Hall–Kier alpha value is -2.93. The third kappa shape index (κ3) is 8.56. The normalized spacial score (nSPS) is 19.0. The van der Waals surface area contributed by atoms with Gasteiger partial charge in [-0.1, -0.05) is 124 Å². The molecule has 1 fully saturated rings. The van der Waals surface area contributed by atoms with E-state index in [9.17, 15) is 4.39 Å². The summed E-state index contributed by atoms with van der Waals surface area (Å²) in [4.78, 5) is 0. The van der Waals surface area contributed by atoms with Crippen LogP contribution in [0.2, 0.25) is 0 Å². The molecule has 1 aliphatic rings. The SMILES string of the molecule is CC=CCCc1ccc(C=Cc2ccc(CCC3CCC(C[C@@H](C)c4ccccc4)CC3)cc2F)cc1. The average molecular weight is 495 g/mol. The Morgan fingerprint density at radius 3 is 2.22 bits per heavy atom. The van der Waals surface area contributed by atoms with Crippen LogP contribution in [0.5, 0.6) is 0 Å². The van der Waals surface area contributed by atoms with Gasteiger partial charge in [-0.15, -0.1) is 0 Å². The van der Waals surface area contributed by atoms with Crippen molar-refractivity contribution in [2.75, 3.05) is 0 Å². The molecule has 194 valence electrons. The van der Waals surface area contributed by atoms with Gasteiger partial charge in [0.1, 0.15) is 5.82 Å². The maximum absolute atomic E-state index is 14.8. The van der Waals surface area contributed by atoms with Crippen LogP contribution in [0, 0.1) is 17.7 Å². The van der Waals surface area contributed by atoms with Gasteiger partial charge in [-0.25, -0.2) is 4.39 Å². The predicted molar refractivity (Wildman–Crippen MR) is 158 cm³/mol. The molecule has 0 unspecified atom stereocenters. The molecule has 0 heterocycles. The molecule has 0 N–H and O–H groups in total. The quantitative estimate of drug-likeness (QED) is 0.184. The van der Waals surface area contributed by atoms with Crippen molar-refractivity contribution < 1.29 is 4.39 Å². The summed E-state index contributed by atoms with van der Waals surface area (Å²) in [6.45, 7) is 4.43. The number of allylic oxidation sites excluding steroid dienone is 2. The van der Waals surface area contributed by atoms with Crippen LogP contribution < -0.4 is 0 Å². The Kier molecular flexibility index (Phi) is 10.4. The van der Waals surface area contributed by atoms with Crippen molar-refractivity contribution in [3.63, 3.8) is 0 Å². The molecule has 0 amide bonds. The van der Waals surface area contributed by atoms with Crippen molar-refractivity contribution in [3.8, 4) is 0 Å². The molecule has 0 aromatic heterocycles. The molecule has 0 spiro atoms. The molecule has 0 radical (unpaired) electrons. The zero-order chi connectivity index (χ0) is 25.9. The monoisotopic (exact) mass is 494 g/mol. The van der Waals surface area contributed by atoms with E-state index >= 15 is 0 Å². The van der Waals surface area contributed by atoms with E-state index in [1.54, 1.807) is 6.07 Å². The third-order valence-corrected chi connectivity index (χ3v) is 8.20. The molecule has 0 nitrogen and oxygen atoms in total. The van der Waals surface area contributed by atoms with Crippen molar-refractivity contribution in [2.24, 2.45) is 11.8 Å². The molecule has 3 aromatic rings. The van der Waals surface area contributed by atoms with Crippen molar-refractivity contribution in [2.45, 2.75) is 77.6 Å². The fraction of sp³-hybridized carbons (Fsp3) is 0.389. The molecule has 0 aliphatic heterocycles. The van der Waals surface area contributed by atoms with Crippen LogP contribution in [0.4, 0.5) is 4.39 Å². The minimum atomic E-state index is -0.115. The van der Waals surface area contributed by atoms with Gasteiger partial charge in [0.15, 0.2) is 0 Å². The number of aryl methyl sites for hydroxylation is 2. The van der Waals surface area contributed by atoms with Crippen molar-refractivity contribution in [1.29, 1.82) is 0 Å². The van der Waals surface area contributed by atoms with Crippen LogP contribution in [0.1, 0.15) is 92.5 Å². The summed E-state index contributed by atoms with van der Waals surface area (Å²) >= 11 is 0. The lowest BCUT2D eigenvalue weighted by atomic mass is 9.75. The fourth-order valence-electron chi connectivity index (χ4n) is 5.80. The predicted octanol–water partition coefficient (Wildman–Crippen LogP) is 10.4. The molecule has 0 bridgehead atoms. The van der Waals surface area contributed by atoms with Crippen LogP contribution in [-0.2, 0) is 12.8 Å². The summed E-state index contributed by atoms with van der Waals surface area (Å²) in [6.07, 6.45) is 19.1. The van der Waals surface area contributed by atoms with E-state index in [1.807, 2.05) is 18.2 Å². The maximum Gasteiger partial charge on any atom is 0.130 e. The lowest BCUT2D eigenvalue weighted by molar-refractivity contribution is 0.245. The first-order chi connectivity index (χ1) is 18.1. The van der Waals surface area contributed by atoms with Gasteiger partial charge in [0.25, 0.3) is 0 Å². The van der Waals surface area contributed by atoms with E-state index in [2.05, 4.69) is 86.7 Å². The Balaban J connectivity index is 1.21. The standard InChI is InChI=1S/C36H43F/c1-3-4-6-9-29-12-14-31(15-13-29)22-24-35-25-23-33(27-36(35)37)21-18-30-16-19-32(20-17-30)26-28(2)34-10-7-5-8-11-34/h3-5,7-8,10-15,22-25,27-28,30,32H,6,9,16-21,26H2,1-2H3/t28-,30?,32?/m1/s1. The zero-order valence-electron chi connectivity index (χ0n) is 22.7. The minimum Gasteiger partial charge on any atom is -0.206 e. The molecule has 1 heteroatoms. The summed E-state index contributed by atoms with van der Waals surface area (Å²) in [5.41, 5.74) is 5.69. The lowest BCUT2D eigenvalue weighted by Crippen LogP contribution is -2.17. The van der Waals surface area contributed by atoms with Gasteiger partial charge in [0.2, 0.25) is 0 Å². The van der Waals surface area contributed by atoms with Gasteiger partial charge in [-0.05, 0) is 85.1 Å². The summed E-state index contributed by atoms with van der Waals surface area (Å²) in [6, 6.07) is 25.3. The molecule has 4 rings (SSSR count). The van der Waals surface area contributed by atoms with Crippen LogP contribution in [0.15, 0.2) is 84.9 Å². The summed E-state index contributed by atoms with van der Waals surface area (Å²) in [5, 5.41) is 0. The average Bonchev–Trinajstić information content (AvgIpc) is 2.93. The van der Waals surface area contributed by atoms with Crippen LogP contribution in [-0.4, -0.2) is 0 Å². The second-order valence-electron chi connectivity index (χ2n) is 11.0. The Morgan fingerprint density at radius 2 is 1.51 bits per heavy atom. The van der Waals surface area contributed by atoms with E-state index in [1.165, 1.54) is 49.7 Å². The second-order valence-corrected chi connectivity index (χ2v) is 11.0. The topological polar surface area (TPSA) is 0 Å². The number of benzene rings is 3. The molecule has 3 aromatic carbocycles. The van der Waals surface area contributed by atoms with Crippen LogP contribution in [0.3, 0.4) is 0 Å². The van der Waals surface area contributed by atoms with Gasteiger partial charge in [-0.2, -0.15) is 0 Å². The van der Waals surface area contributed by atoms with E-state index in [4.69, 9.17) is 0 Å². The Morgan fingerprint density at radius 1 is 0.811 bits per heavy atom. The maximum atomic E-state index is 14.8. The van der Waals surface area contributed by atoms with Crippen LogP contribution in [0.25, 0.3) is 12.2 Å². The van der Waals surface area contributed by atoms with E-state index in [-0.39, 0.29) is 5.82 Å². The Labute approximate surface area is 224 Å². The summed E-state index contributed by atoms with van der Waals surface area (Å²) in [7, 11) is 0. The first kappa shape index (κ1) is 27.1. The van der Waals surface area contributed by atoms with Gasteiger partial charge < -0.3 is 0 Å². The molecule has 1 atom stereocenters. The fourth-order valence-corrected chi connectivity index (χ4v) is 5.80. The largest absolute Gasteiger partial charge is 0.206 e. The number of rotatable bonds is 11. The highest BCUT2D eigenvalue weighted by atomic mass is 19.1.